The highest BCUT2D eigenvalue weighted by Gasteiger charge is 2.14. The molecule has 2 rings (SSSR count). The first-order valence-corrected chi connectivity index (χ1v) is 7.73. The fourth-order valence-electron chi connectivity index (χ4n) is 1.28. The lowest BCUT2D eigenvalue weighted by Crippen LogP contribution is -2.11. The molecule has 1 aromatic heterocycles. The third-order valence-corrected chi connectivity index (χ3v) is 5.21. The van der Waals surface area contributed by atoms with E-state index in [9.17, 15) is 8.42 Å². The summed E-state index contributed by atoms with van der Waals surface area (Å²) < 4.78 is 26.6. The molecular weight excluding hydrogens is 278 g/mol. The van der Waals surface area contributed by atoms with Gasteiger partial charge >= 0.3 is 0 Å². The number of nitrogens with one attached hydrogen (secondary N) is 1. The van der Waals surface area contributed by atoms with Crippen molar-refractivity contribution in [1.29, 1.82) is 0 Å². The number of benzene rings is 1. The third kappa shape index (κ3) is 3.00. The highest BCUT2D eigenvalue weighted by Crippen LogP contribution is 2.20. The van der Waals surface area contributed by atoms with E-state index in [2.05, 4.69) is 4.72 Å². The van der Waals surface area contributed by atoms with E-state index < -0.39 is 10.0 Å². The second-order valence-corrected chi connectivity index (χ2v) is 6.49. The van der Waals surface area contributed by atoms with Gasteiger partial charge in [-0.05, 0) is 29.1 Å². The number of halogens is 1. The van der Waals surface area contributed by atoms with E-state index in [0.717, 1.165) is 5.56 Å². The molecule has 0 aliphatic heterocycles. The quantitative estimate of drug-likeness (QED) is 0.877. The van der Waals surface area contributed by atoms with Gasteiger partial charge in [0.05, 0.1) is 0 Å². The van der Waals surface area contributed by atoms with Crippen LogP contribution in [0.4, 0.5) is 5.69 Å². The second kappa shape index (κ2) is 5.08. The van der Waals surface area contributed by atoms with E-state index in [1.54, 1.807) is 41.8 Å². The number of alkyl halides is 1. The summed E-state index contributed by atoms with van der Waals surface area (Å²) in [5.41, 5.74) is 1.48. The molecule has 0 fully saturated rings. The van der Waals surface area contributed by atoms with Gasteiger partial charge in [-0.3, -0.25) is 4.72 Å². The summed E-state index contributed by atoms with van der Waals surface area (Å²) in [6.07, 6.45) is 0. The molecule has 1 aromatic carbocycles. The summed E-state index contributed by atoms with van der Waals surface area (Å²) in [6, 6.07) is 10.3. The normalized spacial score (nSPS) is 11.4. The van der Waals surface area contributed by atoms with E-state index in [-0.39, 0.29) is 0 Å². The molecule has 0 radical (unpaired) electrons. The minimum atomic E-state index is -3.45. The largest absolute Gasteiger partial charge is 0.279 e. The van der Waals surface area contributed by atoms with Crippen LogP contribution in [0, 0.1) is 0 Å². The molecule has 0 amide bonds. The average molecular weight is 288 g/mol. The molecule has 0 atom stereocenters. The highest BCUT2D eigenvalue weighted by atomic mass is 35.5. The first-order valence-electron chi connectivity index (χ1n) is 4.83. The van der Waals surface area contributed by atoms with Crippen LogP contribution >= 0.6 is 22.9 Å². The van der Waals surface area contributed by atoms with Crippen LogP contribution in [0.1, 0.15) is 5.56 Å². The van der Waals surface area contributed by atoms with Crippen LogP contribution in [0.2, 0.25) is 0 Å². The molecule has 0 unspecified atom stereocenters. The average Bonchev–Trinajstić information content (AvgIpc) is 2.84. The Kier molecular flexibility index (Phi) is 3.71. The van der Waals surface area contributed by atoms with Crippen LogP contribution in [0.15, 0.2) is 46.0 Å². The fourth-order valence-corrected chi connectivity index (χ4v) is 3.51. The van der Waals surface area contributed by atoms with Crippen molar-refractivity contribution in [3.63, 3.8) is 0 Å². The van der Waals surface area contributed by atoms with Crippen LogP contribution in [0.5, 0.6) is 0 Å². The molecule has 0 aliphatic rings. The smallest absolute Gasteiger partial charge is 0.271 e. The molecule has 17 heavy (non-hydrogen) atoms. The van der Waals surface area contributed by atoms with Gasteiger partial charge in [-0.1, -0.05) is 18.2 Å². The van der Waals surface area contributed by atoms with E-state index in [0.29, 0.717) is 15.8 Å². The van der Waals surface area contributed by atoms with E-state index in [1.807, 2.05) is 0 Å². The monoisotopic (exact) mass is 287 g/mol. The van der Waals surface area contributed by atoms with E-state index >= 15 is 0 Å². The lowest BCUT2D eigenvalue weighted by molar-refractivity contribution is 0.603. The molecule has 1 N–H and O–H groups in total. The van der Waals surface area contributed by atoms with Gasteiger partial charge in [0.25, 0.3) is 10.0 Å². The van der Waals surface area contributed by atoms with Gasteiger partial charge in [0.1, 0.15) is 4.21 Å². The molecule has 0 saturated heterocycles. The maximum absolute atomic E-state index is 11.9. The molecular formula is C11H10ClNO2S2. The van der Waals surface area contributed by atoms with E-state index in [1.165, 1.54) is 11.3 Å². The molecule has 1 heterocycles. The zero-order chi connectivity index (χ0) is 12.3. The maximum atomic E-state index is 11.9. The summed E-state index contributed by atoms with van der Waals surface area (Å²) in [6.45, 7) is 0. The first-order chi connectivity index (χ1) is 8.12. The number of rotatable bonds is 4. The van der Waals surface area contributed by atoms with Crippen LogP contribution in [0.25, 0.3) is 0 Å². The third-order valence-electron chi connectivity index (χ3n) is 2.12. The summed E-state index contributed by atoms with van der Waals surface area (Å²) in [5.74, 6) is 0.415. The Hall–Kier alpha value is -1.04. The van der Waals surface area contributed by atoms with Gasteiger partial charge in [-0.15, -0.1) is 22.9 Å². The number of hydrogen-bond donors (Lipinski definition) is 1. The summed E-state index contributed by atoms with van der Waals surface area (Å²) in [4.78, 5) is 0. The SMILES string of the molecule is O=S(=O)(Nc1ccc(CCl)cc1)c1cccs1. The van der Waals surface area contributed by atoms with Crippen LogP contribution in [-0.4, -0.2) is 8.42 Å². The molecule has 2 aromatic rings. The Morgan fingerprint density at radius 3 is 2.41 bits per heavy atom. The summed E-state index contributed by atoms with van der Waals surface area (Å²) in [7, 11) is -3.45. The molecule has 0 spiro atoms. The maximum Gasteiger partial charge on any atom is 0.271 e. The lowest BCUT2D eigenvalue weighted by Gasteiger charge is -2.06. The first kappa shape index (κ1) is 12.4. The van der Waals surface area contributed by atoms with Crippen molar-refractivity contribution in [2.45, 2.75) is 10.1 Å². The number of anilines is 1. The summed E-state index contributed by atoms with van der Waals surface area (Å²) in [5, 5.41) is 1.73. The van der Waals surface area contributed by atoms with Gasteiger partial charge in [0.15, 0.2) is 0 Å². The molecule has 0 aliphatic carbocycles. The van der Waals surface area contributed by atoms with Crippen LogP contribution < -0.4 is 4.72 Å². The van der Waals surface area contributed by atoms with Crippen molar-refractivity contribution in [1.82, 2.24) is 0 Å². The fraction of sp³-hybridized carbons (Fsp3) is 0.0909. The highest BCUT2D eigenvalue weighted by molar-refractivity contribution is 7.94. The molecule has 3 nitrogen and oxygen atoms in total. The standard InChI is InChI=1S/C11H10ClNO2S2/c12-8-9-3-5-10(6-4-9)13-17(14,15)11-2-1-7-16-11/h1-7,13H,8H2. The van der Waals surface area contributed by atoms with Crippen molar-refractivity contribution in [2.75, 3.05) is 4.72 Å². The molecule has 0 saturated carbocycles. The minimum absolute atomic E-state index is 0.305. The Labute approximate surface area is 109 Å². The van der Waals surface area contributed by atoms with Crippen molar-refractivity contribution in [3.8, 4) is 0 Å². The topological polar surface area (TPSA) is 46.2 Å². The zero-order valence-electron chi connectivity index (χ0n) is 8.76. The predicted octanol–water partition coefficient (Wildman–Crippen LogP) is 3.29. The number of sulfonamides is 1. The number of hydrogen-bond acceptors (Lipinski definition) is 3. The number of thiophene rings is 1. The van der Waals surface area contributed by atoms with Crippen molar-refractivity contribution in [2.24, 2.45) is 0 Å². The second-order valence-electron chi connectivity index (χ2n) is 3.37. The van der Waals surface area contributed by atoms with Gasteiger partial charge in [0, 0.05) is 11.6 Å². The Bertz CT molecular complexity index is 576. The molecule has 0 bridgehead atoms. The Morgan fingerprint density at radius 1 is 1.18 bits per heavy atom. The van der Waals surface area contributed by atoms with Crippen molar-refractivity contribution >= 4 is 38.6 Å². The van der Waals surface area contributed by atoms with Crippen molar-refractivity contribution in [3.05, 3.63) is 47.3 Å². The van der Waals surface area contributed by atoms with Crippen LogP contribution in [-0.2, 0) is 15.9 Å². The lowest BCUT2D eigenvalue weighted by atomic mass is 10.2. The van der Waals surface area contributed by atoms with Gasteiger partial charge in [0.2, 0.25) is 0 Å². The van der Waals surface area contributed by atoms with Gasteiger partial charge < -0.3 is 0 Å². The van der Waals surface area contributed by atoms with Gasteiger partial charge in [-0.25, -0.2) is 8.42 Å². The summed E-state index contributed by atoms with van der Waals surface area (Å²) >= 11 is 6.84. The Balaban J connectivity index is 2.21. The van der Waals surface area contributed by atoms with Crippen molar-refractivity contribution < 1.29 is 8.42 Å². The van der Waals surface area contributed by atoms with E-state index in [4.69, 9.17) is 11.6 Å². The van der Waals surface area contributed by atoms with Crippen LogP contribution in [0.3, 0.4) is 0 Å². The van der Waals surface area contributed by atoms with Gasteiger partial charge in [-0.2, -0.15) is 0 Å². The Morgan fingerprint density at radius 2 is 1.88 bits per heavy atom. The molecule has 6 heteroatoms. The zero-order valence-corrected chi connectivity index (χ0v) is 11.1. The predicted molar refractivity (Wildman–Crippen MR) is 71.1 cm³/mol. The molecule has 90 valence electrons. The minimum Gasteiger partial charge on any atom is -0.279 e.